The van der Waals surface area contributed by atoms with Gasteiger partial charge in [0.15, 0.2) is 0 Å². The fourth-order valence-electron chi connectivity index (χ4n) is 3.33. The number of rotatable bonds is 8. The summed E-state index contributed by atoms with van der Waals surface area (Å²) in [6.45, 7) is 2.98. The first-order valence-electron chi connectivity index (χ1n) is 10.5. The van der Waals surface area contributed by atoms with Gasteiger partial charge in [-0.3, -0.25) is 4.79 Å². The van der Waals surface area contributed by atoms with Crippen LogP contribution in [0.2, 0.25) is 0 Å². The lowest BCUT2D eigenvalue weighted by Crippen LogP contribution is -2.22. The number of aromatic nitrogens is 2. The molecule has 32 heavy (non-hydrogen) atoms. The summed E-state index contributed by atoms with van der Waals surface area (Å²) in [6.07, 6.45) is 2.84. The highest BCUT2D eigenvalue weighted by Crippen LogP contribution is 2.27. The highest BCUT2D eigenvalue weighted by atomic mass is 19.1. The van der Waals surface area contributed by atoms with Crippen molar-refractivity contribution in [3.05, 3.63) is 102 Å². The van der Waals surface area contributed by atoms with Gasteiger partial charge in [-0.1, -0.05) is 37.3 Å². The predicted molar refractivity (Wildman–Crippen MR) is 122 cm³/mol. The molecule has 3 aromatic carbocycles. The minimum absolute atomic E-state index is 0.275. The Balaban J connectivity index is 1.63. The van der Waals surface area contributed by atoms with E-state index in [1.165, 1.54) is 24.3 Å². The van der Waals surface area contributed by atoms with E-state index in [0.29, 0.717) is 12.2 Å². The summed E-state index contributed by atoms with van der Waals surface area (Å²) in [7, 11) is 0. The Bertz CT molecular complexity index is 1190. The van der Waals surface area contributed by atoms with Gasteiger partial charge in [-0.2, -0.15) is 5.10 Å². The second-order valence-electron chi connectivity index (χ2n) is 7.35. The van der Waals surface area contributed by atoms with Gasteiger partial charge in [0.1, 0.15) is 11.6 Å². The molecule has 0 saturated carbocycles. The molecule has 0 spiro atoms. The lowest BCUT2D eigenvalue weighted by atomic mass is 10.1. The Morgan fingerprint density at radius 3 is 2.56 bits per heavy atom. The molecule has 1 aromatic heterocycles. The third kappa shape index (κ3) is 5.03. The largest absolute Gasteiger partial charge is 0.494 e. The van der Waals surface area contributed by atoms with E-state index in [0.717, 1.165) is 34.7 Å². The van der Waals surface area contributed by atoms with Crippen LogP contribution in [0.3, 0.4) is 0 Å². The molecule has 6 heteroatoms. The zero-order chi connectivity index (χ0) is 22.3. The summed E-state index contributed by atoms with van der Waals surface area (Å²) < 4.78 is 20.7. The fourth-order valence-corrected chi connectivity index (χ4v) is 3.33. The molecular weight excluding hydrogens is 405 g/mol. The fraction of sp³-hybridized carbons (Fsp3) is 0.154. The topological polar surface area (TPSA) is 56.1 Å². The van der Waals surface area contributed by atoms with E-state index < -0.39 is 0 Å². The molecule has 0 atom stereocenters. The van der Waals surface area contributed by atoms with E-state index in [1.807, 2.05) is 60.8 Å². The Kier molecular flexibility index (Phi) is 6.60. The van der Waals surface area contributed by atoms with Crippen molar-refractivity contribution in [1.29, 1.82) is 0 Å². The molecule has 0 aliphatic carbocycles. The number of hydrogen-bond donors (Lipinski definition) is 1. The number of carbonyl (C=O) groups excluding carboxylic acids is 1. The van der Waals surface area contributed by atoms with Gasteiger partial charge in [0.2, 0.25) is 0 Å². The van der Waals surface area contributed by atoms with Crippen molar-refractivity contribution in [2.24, 2.45) is 0 Å². The summed E-state index contributed by atoms with van der Waals surface area (Å²) in [4.78, 5) is 12.5. The number of amides is 1. The number of para-hydroxylation sites is 1. The predicted octanol–water partition coefficient (Wildman–Crippen LogP) is 5.40. The maximum atomic E-state index is 13.2. The standard InChI is InChI=1S/C26H24FN3O2/c1-2-15-32-24-10-6-7-20(16-24)25-21(18-30(29-25)23-8-4-3-5-9-23)17-28-26(31)19-11-13-22(27)14-12-19/h3-14,16,18H,2,15,17H2,1H3,(H,28,31). The normalized spacial score (nSPS) is 10.7. The SMILES string of the molecule is CCCOc1cccc(-c2nn(-c3ccccc3)cc2CNC(=O)c2ccc(F)cc2)c1. The molecule has 162 valence electrons. The number of carbonyl (C=O) groups is 1. The molecule has 0 fully saturated rings. The van der Waals surface area contributed by atoms with Crippen molar-refractivity contribution < 1.29 is 13.9 Å². The van der Waals surface area contributed by atoms with Crippen LogP contribution in [0.15, 0.2) is 85.1 Å². The minimum Gasteiger partial charge on any atom is -0.494 e. The van der Waals surface area contributed by atoms with Crippen LogP contribution in [0.1, 0.15) is 29.3 Å². The number of ether oxygens (including phenoxy) is 1. The number of halogens is 1. The van der Waals surface area contributed by atoms with Gasteiger partial charge in [-0.25, -0.2) is 9.07 Å². The van der Waals surface area contributed by atoms with Crippen LogP contribution >= 0.6 is 0 Å². The first kappa shape index (κ1) is 21.3. The highest BCUT2D eigenvalue weighted by molar-refractivity contribution is 5.94. The average Bonchev–Trinajstić information content (AvgIpc) is 3.27. The van der Waals surface area contributed by atoms with Gasteiger partial charge < -0.3 is 10.1 Å². The monoisotopic (exact) mass is 429 g/mol. The van der Waals surface area contributed by atoms with Gasteiger partial charge in [0.05, 0.1) is 18.0 Å². The first-order chi connectivity index (χ1) is 15.6. The highest BCUT2D eigenvalue weighted by Gasteiger charge is 2.15. The van der Waals surface area contributed by atoms with E-state index in [-0.39, 0.29) is 18.3 Å². The summed E-state index contributed by atoms with van der Waals surface area (Å²) in [5, 5.41) is 7.71. The van der Waals surface area contributed by atoms with Crippen LogP contribution < -0.4 is 10.1 Å². The van der Waals surface area contributed by atoms with Crippen molar-refractivity contribution in [2.45, 2.75) is 19.9 Å². The third-order valence-corrected chi connectivity index (χ3v) is 4.94. The molecule has 0 bridgehead atoms. The van der Waals surface area contributed by atoms with Crippen LogP contribution in [-0.4, -0.2) is 22.3 Å². The second kappa shape index (κ2) is 9.92. The molecule has 4 aromatic rings. The quantitative estimate of drug-likeness (QED) is 0.408. The smallest absolute Gasteiger partial charge is 0.251 e. The van der Waals surface area contributed by atoms with E-state index in [1.54, 1.807) is 4.68 Å². The summed E-state index contributed by atoms with van der Waals surface area (Å²) >= 11 is 0. The molecule has 5 nitrogen and oxygen atoms in total. The van der Waals surface area contributed by atoms with E-state index in [9.17, 15) is 9.18 Å². The lowest BCUT2D eigenvalue weighted by molar-refractivity contribution is 0.0951. The van der Waals surface area contributed by atoms with E-state index in [2.05, 4.69) is 12.2 Å². The van der Waals surface area contributed by atoms with Crippen LogP contribution in [-0.2, 0) is 6.54 Å². The van der Waals surface area contributed by atoms with Gasteiger partial charge in [-0.05, 0) is 55.0 Å². The number of nitrogens with one attached hydrogen (secondary N) is 1. The number of hydrogen-bond acceptors (Lipinski definition) is 3. The molecule has 1 N–H and O–H groups in total. The zero-order valence-corrected chi connectivity index (χ0v) is 17.8. The van der Waals surface area contributed by atoms with Crippen molar-refractivity contribution in [3.8, 4) is 22.7 Å². The second-order valence-corrected chi connectivity index (χ2v) is 7.35. The van der Waals surface area contributed by atoms with Crippen molar-refractivity contribution in [2.75, 3.05) is 6.61 Å². The van der Waals surface area contributed by atoms with Gasteiger partial charge >= 0.3 is 0 Å². The van der Waals surface area contributed by atoms with Crippen LogP contribution in [0.25, 0.3) is 16.9 Å². The van der Waals surface area contributed by atoms with Crippen LogP contribution in [0, 0.1) is 5.82 Å². The average molecular weight is 429 g/mol. The Morgan fingerprint density at radius 2 is 1.81 bits per heavy atom. The van der Waals surface area contributed by atoms with Crippen molar-refractivity contribution in [3.63, 3.8) is 0 Å². The Morgan fingerprint density at radius 1 is 1.03 bits per heavy atom. The summed E-state index contributed by atoms with van der Waals surface area (Å²) in [5.74, 6) is 0.126. The molecule has 1 amide bonds. The number of nitrogens with zero attached hydrogens (tertiary/aromatic N) is 2. The van der Waals surface area contributed by atoms with Gasteiger partial charge in [0, 0.05) is 29.4 Å². The molecule has 0 aliphatic rings. The molecule has 0 aliphatic heterocycles. The van der Waals surface area contributed by atoms with E-state index >= 15 is 0 Å². The molecular formula is C26H24FN3O2. The van der Waals surface area contributed by atoms with Gasteiger partial charge in [0.25, 0.3) is 5.91 Å². The minimum atomic E-state index is -0.377. The van der Waals surface area contributed by atoms with Crippen molar-refractivity contribution >= 4 is 5.91 Å². The van der Waals surface area contributed by atoms with Crippen LogP contribution in [0.4, 0.5) is 4.39 Å². The van der Waals surface area contributed by atoms with E-state index in [4.69, 9.17) is 9.84 Å². The summed E-state index contributed by atoms with van der Waals surface area (Å²) in [6, 6.07) is 23.1. The lowest BCUT2D eigenvalue weighted by Gasteiger charge is -2.08. The molecule has 0 saturated heterocycles. The van der Waals surface area contributed by atoms with Gasteiger partial charge in [-0.15, -0.1) is 0 Å². The maximum Gasteiger partial charge on any atom is 0.251 e. The Hall–Kier alpha value is -3.93. The first-order valence-corrected chi connectivity index (χ1v) is 10.5. The molecule has 0 unspecified atom stereocenters. The number of benzene rings is 3. The molecule has 1 heterocycles. The molecule has 4 rings (SSSR count). The zero-order valence-electron chi connectivity index (χ0n) is 17.8. The third-order valence-electron chi connectivity index (χ3n) is 4.94. The maximum absolute atomic E-state index is 13.2. The van der Waals surface area contributed by atoms with Crippen LogP contribution in [0.5, 0.6) is 5.75 Å². The van der Waals surface area contributed by atoms with Crippen molar-refractivity contribution in [1.82, 2.24) is 15.1 Å². The molecule has 0 radical (unpaired) electrons. The Labute approximate surface area is 186 Å². The summed E-state index contributed by atoms with van der Waals surface area (Å²) in [5.41, 5.74) is 3.84.